The first-order chi connectivity index (χ1) is 8.70. The zero-order valence-corrected chi connectivity index (χ0v) is 9.24. The smallest absolute Gasteiger partial charge is 0.354 e. The van der Waals surface area contributed by atoms with Gasteiger partial charge in [-0.1, -0.05) is 6.08 Å². The van der Waals surface area contributed by atoms with Crippen LogP contribution in [0.5, 0.6) is 0 Å². The zero-order chi connectivity index (χ0) is 13.0. The van der Waals surface area contributed by atoms with E-state index >= 15 is 0 Å². The molecule has 0 saturated heterocycles. The number of allylic oxidation sites excluding steroid dienone is 4. The van der Waals surface area contributed by atoms with Gasteiger partial charge in [0.25, 0.3) is 0 Å². The second kappa shape index (κ2) is 5.05. The first kappa shape index (κ1) is 11.7. The summed E-state index contributed by atoms with van der Waals surface area (Å²) in [4.78, 5) is 18.5. The highest BCUT2D eigenvalue weighted by molar-refractivity contribution is 5.87. The second-order valence-electron chi connectivity index (χ2n) is 3.44. The molecule has 0 unspecified atom stereocenters. The van der Waals surface area contributed by atoms with Crippen LogP contribution in [0.15, 0.2) is 42.5 Å². The van der Waals surface area contributed by atoms with E-state index in [9.17, 15) is 4.79 Å². The maximum atomic E-state index is 10.8. The van der Waals surface area contributed by atoms with Gasteiger partial charge < -0.3 is 15.8 Å². The molecule has 0 atom stereocenters. The molecule has 1 aliphatic heterocycles. The maximum absolute atomic E-state index is 10.8. The predicted molar refractivity (Wildman–Crippen MR) is 66.8 cm³/mol. The standard InChI is InChI=1S/C12H9N4O2/c13-3-1-9-5-8(2-4-14-9)10-6-11(12(17)18)16-7-15-10/h1-7,14H,(H,17,18)/q-1/b9-1-. The van der Waals surface area contributed by atoms with Gasteiger partial charge in [-0.2, -0.15) is 6.21 Å². The number of nitrogens with one attached hydrogen (secondary N) is 1. The van der Waals surface area contributed by atoms with E-state index in [1.54, 1.807) is 18.4 Å². The SMILES string of the molecule is [N-]=C/C=C1/C=C(c2cc(C(=O)O)ncn2)C=CN1. The van der Waals surface area contributed by atoms with E-state index in [0.29, 0.717) is 11.4 Å². The summed E-state index contributed by atoms with van der Waals surface area (Å²) in [6.07, 6.45) is 8.76. The summed E-state index contributed by atoms with van der Waals surface area (Å²) < 4.78 is 0. The number of carboxylic acids is 1. The lowest BCUT2D eigenvalue weighted by Crippen LogP contribution is -2.08. The molecule has 2 N–H and O–H groups in total. The summed E-state index contributed by atoms with van der Waals surface area (Å²) in [5.74, 6) is -1.10. The maximum Gasteiger partial charge on any atom is 0.354 e. The van der Waals surface area contributed by atoms with Crippen molar-refractivity contribution in [3.8, 4) is 0 Å². The topological polar surface area (TPSA) is 97.4 Å². The van der Waals surface area contributed by atoms with Gasteiger partial charge >= 0.3 is 5.97 Å². The van der Waals surface area contributed by atoms with E-state index in [4.69, 9.17) is 10.5 Å². The molecular weight excluding hydrogens is 232 g/mol. The van der Waals surface area contributed by atoms with Crippen LogP contribution in [0.4, 0.5) is 0 Å². The van der Waals surface area contributed by atoms with E-state index in [1.807, 2.05) is 0 Å². The number of aromatic carboxylic acids is 1. The molecule has 0 aliphatic carbocycles. The van der Waals surface area contributed by atoms with Crippen molar-refractivity contribution in [2.24, 2.45) is 0 Å². The fourth-order valence-corrected chi connectivity index (χ4v) is 1.45. The number of dihydropyridines is 1. The van der Waals surface area contributed by atoms with Crippen molar-refractivity contribution < 1.29 is 9.90 Å². The molecule has 0 radical (unpaired) electrons. The van der Waals surface area contributed by atoms with Gasteiger partial charge in [0, 0.05) is 17.5 Å². The summed E-state index contributed by atoms with van der Waals surface area (Å²) in [6, 6.07) is 1.39. The second-order valence-corrected chi connectivity index (χ2v) is 3.44. The van der Waals surface area contributed by atoms with Gasteiger partial charge in [-0.15, -0.1) is 0 Å². The fourth-order valence-electron chi connectivity index (χ4n) is 1.45. The Morgan fingerprint density at radius 3 is 3.00 bits per heavy atom. The molecule has 0 fully saturated rings. The number of aromatic nitrogens is 2. The van der Waals surface area contributed by atoms with E-state index in [0.717, 1.165) is 11.8 Å². The van der Waals surface area contributed by atoms with Crippen LogP contribution in [0.25, 0.3) is 11.0 Å². The van der Waals surface area contributed by atoms with Crippen molar-refractivity contribution in [1.82, 2.24) is 15.3 Å². The van der Waals surface area contributed by atoms with Gasteiger partial charge in [-0.25, -0.2) is 14.8 Å². The van der Waals surface area contributed by atoms with Gasteiger partial charge in [-0.3, -0.25) is 0 Å². The normalized spacial score (nSPS) is 16.0. The van der Waals surface area contributed by atoms with Gasteiger partial charge in [0.15, 0.2) is 5.69 Å². The largest absolute Gasteiger partial charge is 0.811 e. The first-order valence-corrected chi connectivity index (χ1v) is 5.09. The Morgan fingerprint density at radius 1 is 1.44 bits per heavy atom. The highest BCUT2D eigenvalue weighted by atomic mass is 16.4. The minimum atomic E-state index is -1.10. The third kappa shape index (κ3) is 2.49. The average molecular weight is 241 g/mol. The number of hydrogen-bond acceptors (Lipinski definition) is 4. The minimum absolute atomic E-state index is 0.0629. The van der Waals surface area contributed by atoms with Crippen molar-refractivity contribution >= 4 is 17.8 Å². The van der Waals surface area contributed by atoms with Crippen LogP contribution in [-0.4, -0.2) is 27.3 Å². The highest BCUT2D eigenvalue weighted by Gasteiger charge is 2.09. The third-order valence-corrected chi connectivity index (χ3v) is 2.26. The number of carbonyl (C=O) groups is 1. The first-order valence-electron chi connectivity index (χ1n) is 5.09. The monoisotopic (exact) mass is 241 g/mol. The number of nitrogens with zero attached hydrogens (tertiary/aromatic N) is 3. The summed E-state index contributed by atoms with van der Waals surface area (Å²) in [7, 11) is 0. The van der Waals surface area contributed by atoms with Crippen LogP contribution in [0, 0.1) is 0 Å². The van der Waals surface area contributed by atoms with Crippen molar-refractivity contribution in [1.29, 1.82) is 0 Å². The highest BCUT2D eigenvalue weighted by Crippen LogP contribution is 2.18. The van der Waals surface area contributed by atoms with Crippen molar-refractivity contribution in [3.05, 3.63) is 59.3 Å². The van der Waals surface area contributed by atoms with Crippen molar-refractivity contribution in [2.75, 3.05) is 0 Å². The van der Waals surface area contributed by atoms with Gasteiger partial charge in [0.05, 0.1) is 5.69 Å². The Labute approximate surface area is 103 Å². The lowest BCUT2D eigenvalue weighted by molar-refractivity contribution is 0.0690. The van der Waals surface area contributed by atoms with Crippen LogP contribution in [0.3, 0.4) is 0 Å². The summed E-state index contributed by atoms with van der Waals surface area (Å²) in [5, 5.41) is 20.5. The predicted octanol–water partition coefficient (Wildman–Crippen LogP) is 1.20. The van der Waals surface area contributed by atoms with E-state index in [-0.39, 0.29) is 5.69 Å². The molecule has 1 aromatic heterocycles. The molecule has 18 heavy (non-hydrogen) atoms. The Bertz CT molecular complexity index is 587. The molecule has 0 bridgehead atoms. The molecule has 1 aromatic rings. The Kier molecular flexibility index (Phi) is 3.29. The van der Waals surface area contributed by atoms with Crippen molar-refractivity contribution in [3.63, 3.8) is 0 Å². The molecular formula is C12H9N4O2-. The molecule has 0 aromatic carbocycles. The van der Waals surface area contributed by atoms with Crippen LogP contribution in [-0.2, 0) is 0 Å². The third-order valence-electron chi connectivity index (χ3n) is 2.26. The van der Waals surface area contributed by atoms with Crippen LogP contribution < -0.4 is 5.32 Å². The van der Waals surface area contributed by atoms with Crippen molar-refractivity contribution in [2.45, 2.75) is 0 Å². The molecule has 6 nitrogen and oxygen atoms in total. The zero-order valence-electron chi connectivity index (χ0n) is 9.24. The van der Waals surface area contributed by atoms with Gasteiger partial charge in [0.2, 0.25) is 0 Å². The lowest BCUT2D eigenvalue weighted by Gasteiger charge is -2.11. The molecule has 90 valence electrons. The molecule has 1 aliphatic rings. The minimum Gasteiger partial charge on any atom is -0.811 e. The molecule has 0 spiro atoms. The average Bonchev–Trinajstić information content (AvgIpc) is 2.39. The summed E-state index contributed by atoms with van der Waals surface area (Å²) >= 11 is 0. The Morgan fingerprint density at radius 2 is 2.28 bits per heavy atom. The molecule has 0 amide bonds. The molecule has 2 rings (SSSR count). The Balaban J connectivity index is 2.39. The van der Waals surface area contributed by atoms with Gasteiger partial charge in [-0.05, 0) is 18.2 Å². The van der Waals surface area contributed by atoms with E-state index in [1.165, 1.54) is 18.5 Å². The number of rotatable bonds is 3. The van der Waals surface area contributed by atoms with E-state index in [2.05, 4.69) is 15.3 Å². The van der Waals surface area contributed by atoms with Crippen LogP contribution in [0.2, 0.25) is 0 Å². The number of carboxylic acid groups (broad SMARTS) is 1. The Hall–Kier alpha value is -2.76. The summed E-state index contributed by atoms with van der Waals surface area (Å²) in [5.41, 5.74) is 1.84. The van der Waals surface area contributed by atoms with Gasteiger partial charge in [0.1, 0.15) is 6.33 Å². The fraction of sp³-hybridized carbons (Fsp3) is 0. The molecule has 0 saturated carbocycles. The summed E-state index contributed by atoms with van der Waals surface area (Å²) in [6.45, 7) is 0. The number of hydrogen-bond donors (Lipinski definition) is 2. The van der Waals surface area contributed by atoms with Crippen LogP contribution >= 0.6 is 0 Å². The lowest BCUT2D eigenvalue weighted by atomic mass is 10.1. The quantitative estimate of drug-likeness (QED) is 0.775. The molecule has 6 heteroatoms. The molecule has 2 heterocycles. The van der Waals surface area contributed by atoms with E-state index < -0.39 is 5.97 Å². The van der Waals surface area contributed by atoms with Crippen LogP contribution in [0.1, 0.15) is 16.2 Å².